The van der Waals surface area contributed by atoms with Crippen LogP contribution >= 0.6 is 0 Å². The molecule has 0 aliphatic rings. The van der Waals surface area contributed by atoms with E-state index in [0.29, 0.717) is 12.3 Å². The molecule has 78 valence electrons. The van der Waals surface area contributed by atoms with E-state index in [1.165, 1.54) is 7.11 Å². The fourth-order valence-corrected chi connectivity index (χ4v) is 1.26. The average molecular weight is 188 g/mol. The Morgan fingerprint density at radius 3 is 2.46 bits per heavy atom. The molecule has 0 aliphatic carbocycles. The van der Waals surface area contributed by atoms with Gasteiger partial charge >= 0.3 is 5.97 Å². The summed E-state index contributed by atoms with van der Waals surface area (Å²) in [6.07, 6.45) is 3.57. The van der Waals surface area contributed by atoms with Gasteiger partial charge in [-0.15, -0.1) is 0 Å². The first kappa shape index (κ1) is 12.4. The monoisotopic (exact) mass is 188 g/mol. The highest BCUT2D eigenvalue weighted by atomic mass is 16.5. The van der Waals surface area contributed by atoms with Crippen molar-refractivity contribution in [2.45, 2.75) is 32.6 Å². The molecule has 0 rings (SSSR count). The first-order valence-electron chi connectivity index (χ1n) is 4.80. The van der Waals surface area contributed by atoms with Gasteiger partial charge in [0.2, 0.25) is 0 Å². The van der Waals surface area contributed by atoms with Crippen LogP contribution < -0.4 is 0 Å². The zero-order valence-corrected chi connectivity index (χ0v) is 8.84. The van der Waals surface area contributed by atoms with Gasteiger partial charge in [0.1, 0.15) is 0 Å². The summed E-state index contributed by atoms with van der Waals surface area (Å²) in [5, 5.41) is 0. The fourth-order valence-electron chi connectivity index (χ4n) is 1.26. The van der Waals surface area contributed by atoms with E-state index in [9.17, 15) is 4.79 Å². The summed E-state index contributed by atoms with van der Waals surface area (Å²) in [5.74, 6) is 0.468. The molecular weight excluding hydrogens is 168 g/mol. The summed E-state index contributed by atoms with van der Waals surface area (Å²) in [5.41, 5.74) is 0. The Balaban J connectivity index is 3.52. The first-order valence-corrected chi connectivity index (χ1v) is 4.80. The average Bonchev–Trinajstić information content (AvgIpc) is 2.17. The second-order valence-electron chi connectivity index (χ2n) is 3.17. The molecule has 0 bridgehead atoms. The highest BCUT2D eigenvalue weighted by Gasteiger charge is 2.09. The van der Waals surface area contributed by atoms with Crippen molar-refractivity contribution >= 4 is 5.97 Å². The minimum absolute atomic E-state index is 0.115. The molecule has 3 heteroatoms. The Morgan fingerprint density at radius 2 is 2.00 bits per heavy atom. The summed E-state index contributed by atoms with van der Waals surface area (Å²) < 4.78 is 9.57. The second kappa shape index (κ2) is 8.05. The number of esters is 1. The number of ether oxygens (including phenoxy) is 2. The first-order chi connectivity index (χ1) is 6.24. The molecule has 0 saturated heterocycles. The predicted octanol–water partition coefficient (Wildman–Crippen LogP) is 2.00. The normalized spacial score (nSPS) is 12.5. The minimum atomic E-state index is -0.115. The van der Waals surface area contributed by atoms with E-state index in [1.54, 1.807) is 7.11 Å². The van der Waals surface area contributed by atoms with Gasteiger partial charge in [-0.1, -0.05) is 13.3 Å². The number of hydrogen-bond donors (Lipinski definition) is 0. The number of rotatable bonds is 7. The Morgan fingerprint density at radius 1 is 1.31 bits per heavy atom. The van der Waals surface area contributed by atoms with Gasteiger partial charge in [0.25, 0.3) is 0 Å². The molecule has 0 aromatic rings. The zero-order valence-electron chi connectivity index (χ0n) is 8.84. The van der Waals surface area contributed by atoms with Gasteiger partial charge < -0.3 is 9.47 Å². The molecule has 0 aromatic carbocycles. The quantitative estimate of drug-likeness (QED) is 0.573. The molecular formula is C10H20O3. The Labute approximate surface area is 80.4 Å². The maximum Gasteiger partial charge on any atom is 0.305 e. The molecule has 0 N–H and O–H groups in total. The van der Waals surface area contributed by atoms with Gasteiger partial charge in [0, 0.05) is 20.1 Å². The molecule has 0 radical (unpaired) electrons. The van der Waals surface area contributed by atoms with Crippen LogP contribution in [0.3, 0.4) is 0 Å². The van der Waals surface area contributed by atoms with E-state index in [2.05, 4.69) is 11.7 Å². The van der Waals surface area contributed by atoms with E-state index < -0.39 is 0 Å². The van der Waals surface area contributed by atoms with Crippen molar-refractivity contribution in [2.75, 3.05) is 20.8 Å². The maximum atomic E-state index is 10.9. The van der Waals surface area contributed by atoms with Crippen LogP contribution in [0.4, 0.5) is 0 Å². The second-order valence-corrected chi connectivity index (χ2v) is 3.17. The van der Waals surface area contributed by atoms with E-state index >= 15 is 0 Å². The van der Waals surface area contributed by atoms with Crippen molar-refractivity contribution < 1.29 is 14.3 Å². The van der Waals surface area contributed by atoms with Crippen molar-refractivity contribution in [3.8, 4) is 0 Å². The molecule has 0 heterocycles. The Kier molecular flexibility index (Phi) is 7.69. The van der Waals surface area contributed by atoms with Crippen LogP contribution in [0.25, 0.3) is 0 Å². The van der Waals surface area contributed by atoms with Crippen LogP contribution in [0.15, 0.2) is 0 Å². The maximum absolute atomic E-state index is 10.9. The summed E-state index contributed by atoms with van der Waals surface area (Å²) in [4.78, 5) is 10.9. The highest BCUT2D eigenvalue weighted by Crippen LogP contribution is 2.15. The van der Waals surface area contributed by atoms with E-state index in [-0.39, 0.29) is 5.97 Å². The minimum Gasteiger partial charge on any atom is -0.469 e. The lowest BCUT2D eigenvalue weighted by Gasteiger charge is -2.12. The van der Waals surface area contributed by atoms with Gasteiger partial charge in [-0.25, -0.2) is 0 Å². The fraction of sp³-hybridized carbons (Fsp3) is 0.900. The topological polar surface area (TPSA) is 35.5 Å². The summed E-state index contributed by atoms with van der Waals surface area (Å²) in [6.45, 7) is 2.91. The van der Waals surface area contributed by atoms with Gasteiger partial charge in [0.05, 0.1) is 7.11 Å². The van der Waals surface area contributed by atoms with Crippen molar-refractivity contribution in [1.82, 2.24) is 0 Å². The van der Waals surface area contributed by atoms with E-state index in [1.807, 2.05) is 0 Å². The van der Waals surface area contributed by atoms with Crippen molar-refractivity contribution in [3.63, 3.8) is 0 Å². The van der Waals surface area contributed by atoms with Crippen LogP contribution in [0.5, 0.6) is 0 Å². The summed E-state index contributed by atoms with van der Waals surface area (Å²) in [7, 11) is 3.13. The molecule has 0 spiro atoms. The predicted molar refractivity (Wildman–Crippen MR) is 51.5 cm³/mol. The number of hydrogen-bond acceptors (Lipinski definition) is 3. The van der Waals surface area contributed by atoms with Crippen molar-refractivity contribution in [1.29, 1.82) is 0 Å². The molecule has 0 amide bonds. The molecule has 3 nitrogen and oxygen atoms in total. The largest absolute Gasteiger partial charge is 0.469 e. The van der Waals surface area contributed by atoms with Gasteiger partial charge in [0.15, 0.2) is 0 Å². The number of methoxy groups -OCH3 is 2. The SMILES string of the molecule is CC[C@H](CCOC)CCC(=O)OC. The molecule has 0 aromatic heterocycles. The van der Waals surface area contributed by atoms with Gasteiger partial charge in [-0.2, -0.15) is 0 Å². The molecule has 1 atom stereocenters. The standard InChI is InChI=1S/C10H20O3/c1-4-9(7-8-12-2)5-6-10(11)13-3/h9H,4-8H2,1-3H3/t9-/m0/s1. The lowest BCUT2D eigenvalue weighted by atomic mass is 9.97. The van der Waals surface area contributed by atoms with Crippen molar-refractivity contribution in [3.05, 3.63) is 0 Å². The lowest BCUT2D eigenvalue weighted by molar-refractivity contribution is -0.141. The van der Waals surface area contributed by atoms with Crippen LogP contribution in [0, 0.1) is 5.92 Å². The third-order valence-corrected chi connectivity index (χ3v) is 2.29. The summed E-state index contributed by atoms with van der Waals surface area (Å²) in [6, 6.07) is 0. The molecule has 0 aliphatic heterocycles. The highest BCUT2D eigenvalue weighted by molar-refractivity contribution is 5.69. The number of carbonyl (C=O) groups is 1. The Hall–Kier alpha value is -0.570. The van der Waals surface area contributed by atoms with E-state index in [0.717, 1.165) is 25.9 Å². The Bertz CT molecular complexity index is 134. The third kappa shape index (κ3) is 6.58. The van der Waals surface area contributed by atoms with Gasteiger partial charge in [-0.3, -0.25) is 4.79 Å². The zero-order chi connectivity index (χ0) is 10.1. The smallest absolute Gasteiger partial charge is 0.305 e. The molecule has 0 unspecified atom stereocenters. The lowest BCUT2D eigenvalue weighted by Crippen LogP contribution is -2.07. The van der Waals surface area contributed by atoms with Crippen LogP contribution in [0.2, 0.25) is 0 Å². The summed E-state index contributed by atoms with van der Waals surface area (Å²) >= 11 is 0. The van der Waals surface area contributed by atoms with Crippen molar-refractivity contribution in [2.24, 2.45) is 5.92 Å². The van der Waals surface area contributed by atoms with Crippen LogP contribution in [-0.4, -0.2) is 26.8 Å². The van der Waals surface area contributed by atoms with Crippen LogP contribution in [0.1, 0.15) is 32.6 Å². The van der Waals surface area contributed by atoms with E-state index in [4.69, 9.17) is 4.74 Å². The van der Waals surface area contributed by atoms with Crippen LogP contribution in [-0.2, 0) is 14.3 Å². The molecule has 13 heavy (non-hydrogen) atoms. The third-order valence-electron chi connectivity index (χ3n) is 2.29. The molecule has 0 saturated carbocycles. The number of carbonyl (C=O) groups excluding carboxylic acids is 1. The molecule has 0 fully saturated rings. The van der Waals surface area contributed by atoms with Gasteiger partial charge in [-0.05, 0) is 18.8 Å².